The van der Waals surface area contributed by atoms with Crippen LogP contribution in [0.15, 0.2) is 48.8 Å². The van der Waals surface area contributed by atoms with E-state index in [1.807, 2.05) is 12.1 Å². The molecule has 3 aromatic heterocycles. The highest BCUT2D eigenvalue weighted by Gasteiger charge is 2.25. The van der Waals surface area contributed by atoms with Gasteiger partial charge in [0.15, 0.2) is 0 Å². The average molecular weight is 367 g/mol. The van der Waals surface area contributed by atoms with Crippen molar-refractivity contribution in [3.63, 3.8) is 0 Å². The van der Waals surface area contributed by atoms with E-state index in [-0.39, 0.29) is 5.69 Å². The summed E-state index contributed by atoms with van der Waals surface area (Å²) in [6.45, 7) is 5.04. The van der Waals surface area contributed by atoms with Crippen LogP contribution in [-0.4, -0.2) is 15.0 Å². The van der Waals surface area contributed by atoms with E-state index in [1.165, 1.54) is 17.8 Å². The van der Waals surface area contributed by atoms with Gasteiger partial charge in [-0.15, -0.1) is 0 Å². The van der Waals surface area contributed by atoms with Crippen molar-refractivity contribution in [1.82, 2.24) is 15.0 Å². The van der Waals surface area contributed by atoms with Crippen LogP contribution in [0.4, 0.5) is 8.78 Å². The van der Waals surface area contributed by atoms with E-state index in [0.29, 0.717) is 6.42 Å². The monoisotopic (exact) mass is 367 g/mol. The summed E-state index contributed by atoms with van der Waals surface area (Å²) < 4.78 is 26.7. The molecule has 0 amide bonds. The third kappa shape index (κ3) is 4.35. The lowest BCUT2D eigenvalue weighted by Gasteiger charge is -2.13. The van der Waals surface area contributed by atoms with Gasteiger partial charge in [-0.25, -0.2) is 0 Å². The molecule has 27 heavy (non-hydrogen) atoms. The van der Waals surface area contributed by atoms with Crippen molar-refractivity contribution in [2.45, 2.75) is 46.0 Å². The standard InChI is InChI=1S/C22H23F2N3/c1-4-16-9-10-17(5-2)27-21(16)18-7-6-12-25-19(18)13-15-8-11-20(26-14-15)22(3,23)24/h6-12,14H,4-5,13H2,1-3H3. The molecule has 3 nitrogen and oxygen atoms in total. The molecule has 3 heterocycles. The summed E-state index contributed by atoms with van der Waals surface area (Å²) in [5.41, 5.74) is 5.62. The van der Waals surface area contributed by atoms with Gasteiger partial charge >= 0.3 is 0 Å². The van der Waals surface area contributed by atoms with E-state index in [9.17, 15) is 8.78 Å². The van der Waals surface area contributed by atoms with Crippen LogP contribution >= 0.6 is 0 Å². The van der Waals surface area contributed by atoms with Crippen molar-refractivity contribution in [3.8, 4) is 11.3 Å². The van der Waals surface area contributed by atoms with E-state index in [0.717, 1.165) is 48.0 Å². The van der Waals surface area contributed by atoms with Gasteiger partial charge in [0.05, 0.1) is 11.4 Å². The van der Waals surface area contributed by atoms with Gasteiger partial charge in [-0.3, -0.25) is 15.0 Å². The summed E-state index contributed by atoms with van der Waals surface area (Å²) >= 11 is 0. The number of pyridine rings is 3. The number of halogens is 2. The Labute approximate surface area is 158 Å². The zero-order chi connectivity index (χ0) is 19.4. The van der Waals surface area contributed by atoms with Crippen molar-refractivity contribution < 1.29 is 8.78 Å². The third-order valence-electron chi connectivity index (χ3n) is 4.57. The molecule has 0 N–H and O–H groups in total. The molecule has 0 spiro atoms. The fourth-order valence-electron chi connectivity index (χ4n) is 3.02. The molecule has 0 atom stereocenters. The zero-order valence-electron chi connectivity index (χ0n) is 15.8. The van der Waals surface area contributed by atoms with Gasteiger partial charge < -0.3 is 0 Å². The maximum Gasteiger partial charge on any atom is 0.286 e. The van der Waals surface area contributed by atoms with Crippen molar-refractivity contribution >= 4 is 0 Å². The van der Waals surface area contributed by atoms with Crippen LogP contribution in [0.25, 0.3) is 11.3 Å². The average Bonchev–Trinajstić information content (AvgIpc) is 2.67. The predicted molar refractivity (Wildman–Crippen MR) is 103 cm³/mol. The molecule has 0 fully saturated rings. The second-order valence-electron chi connectivity index (χ2n) is 6.63. The molecule has 0 aliphatic rings. The van der Waals surface area contributed by atoms with E-state index in [1.54, 1.807) is 12.3 Å². The summed E-state index contributed by atoms with van der Waals surface area (Å²) in [4.78, 5) is 13.3. The minimum absolute atomic E-state index is 0.224. The van der Waals surface area contributed by atoms with E-state index in [4.69, 9.17) is 4.98 Å². The second kappa shape index (κ2) is 7.91. The summed E-state index contributed by atoms with van der Waals surface area (Å²) in [6, 6.07) is 11.2. The minimum Gasteiger partial charge on any atom is -0.260 e. The molecule has 5 heteroatoms. The quantitative estimate of drug-likeness (QED) is 0.588. The Morgan fingerprint density at radius 2 is 1.78 bits per heavy atom. The first-order valence-electron chi connectivity index (χ1n) is 9.18. The van der Waals surface area contributed by atoms with Gasteiger partial charge in [0, 0.05) is 37.0 Å². The van der Waals surface area contributed by atoms with Crippen LogP contribution in [0.5, 0.6) is 0 Å². The number of aromatic nitrogens is 3. The fourth-order valence-corrected chi connectivity index (χ4v) is 3.02. The van der Waals surface area contributed by atoms with Crippen LogP contribution in [0.3, 0.4) is 0 Å². The lowest BCUT2D eigenvalue weighted by molar-refractivity contribution is 0.0127. The van der Waals surface area contributed by atoms with Gasteiger partial charge in [0.2, 0.25) is 0 Å². The van der Waals surface area contributed by atoms with E-state index in [2.05, 4.69) is 35.9 Å². The summed E-state index contributed by atoms with van der Waals surface area (Å²) in [7, 11) is 0. The molecule has 0 unspecified atom stereocenters. The Balaban J connectivity index is 1.98. The maximum absolute atomic E-state index is 13.4. The zero-order valence-corrected chi connectivity index (χ0v) is 15.8. The Bertz CT molecular complexity index is 916. The molecule has 0 aliphatic heterocycles. The molecule has 3 rings (SSSR count). The van der Waals surface area contributed by atoms with Crippen LogP contribution in [0, 0.1) is 0 Å². The minimum atomic E-state index is -2.94. The summed E-state index contributed by atoms with van der Waals surface area (Å²) in [5, 5.41) is 0. The van der Waals surface area contributed by atoms with Gasteiger partial charge in [-0.1, -0.05) is 26.0 Å². The molecule has 0 aromatic carbocycles. The Morgan fingerprint density at radius 3 is 2.41 bits per heavy atom. The summed E-state index contributed by atoms with van der Waals surface area (Å²) in [5.74, 6) is -2.94. The molecule has 3 aromatic rings. The Hall–Kier alpha value is -2.69. The van der Waals surface area contributed by atoms with Crippen LogP contribution < -0.4 is 0 Å². The van der Waals surface area contributed by atoms with Gasteiger partial charge in [0.25, 0.3) is 5.92 Å². The Kier molecular flexibility index (Phi) is 5.59. The third-order valence-corrected chi connectivity index (χ3v) is 4.57. The van der Waals surface area contributed by atoms with Crippen LogP contribution in [0.1, 0.15) is 49.0 Å². The van der Waals surface area contributed by atoms with Crippen molar-refractivity contribution in [2.24, 2.45) is 0 Å². The Morgan fingerprint density at radius 1 is 0.963 bits per heavy atom. The number of aryl methyl sites for hydroxylation is 2. The summed E-state index contributed by atoms with van der Waals surface area (Å²) in [6.07, 6.45) is 5.50. The maximum atomic E-state index is 13.4. The molecule has 0 saturated carbocycles. The van der Waals surface area contributed by atoms with Gasteiger partial charge in [-0.2, -0.15) is 8.78 Å². The number of rotatable bonds is 6. The number of hydrogen-bond acceptors (Lipinski definition) is 3. The van der Waals surface area contributed by atoms with Crippen LogP contribution in [0.2, 0.25) is 0 Å². The number of hydrogen-bond donors (Lipinski definition) is 0. The molecule has 0 bridgehead atoms. The normalized spacial score (nSPS) is 11.6. The van der Waals surface area contributed by atoms with Crippen molar-refractivity contribution in [3.05, 3.63) is 77.0 Å². The van der Waals surface area contributed by atoms with Gasteiger partial charge in [-0.05, 0) is 48.2 Å². The lowest BCUT2D eigenvalue weighted by atomic mass is 9.98. The molecule has 0 aliphatic carbocycles. The first-order valence-corrected chi connectivity index (χ1v) is 9.18. The highest BCUT2D eigenvalue weighted by molar-refractivity contribution is 5.66. The van der Waals surface area contributed by atoms with Crippen molar-refractivity contribution in [2.75, 3.05) is 0 Å². The first kappa shape index (κ1) is 19.1. The van der Waals surface area contributed by atoms with Crippen molar-refractivity contribution in [1.29, 1.82) is 0 Å². The molecule has 0 radical (unpaired) electrons. The molecule has 140 valence electrons. The highest BCUT2D eigenvalue weighted by atomic mass is 19.3. The fraction of sp³-hybridized carbons (Fsp3) is 0.318. The smallest absolute Gasteiger partial charge is 0.260 e. The number of nitrogens with zero attached hydrogens (tertiary/aromatic N) is 3. The topological polar surface area (TPSA) is 38.7 Å². The predicted octanol–water partition coefficient (Wildman–Crippen LogP) is 5.37. The molecular weight excluding hydrogens is 344 g/mol. The van der Waals surface area contributed by atoms with Gasteiger partial charge in [0.1, 0.15) is 5.69 Å². The molecule has 0 saturated heterocycles. The highest BCUT2D eigenvalue weighted by Crippen LogP contribution is 2.28. The SMILES string of the molecule is CCc1ccc(CC)c(-c2cccnc2Cc2ccc(C(C)(F)F)nc2)n1. The largest absolute Gasteiger partial charge is 0.286 e. The molecular formula is C22H23F2N3. The van der Waals surface area contributed by atoms with E-state index < -0.39 is 5.92 Å². The van der Waals surface area contributed by atoms with E-state index >= 15 is 0 Å². The lowest BCUT2D eigenvalue weighted by Crippen LogP contribution is -2.09. The first-order chi connectivity index (χ1) is 12.9. The second-order valence-corrected chi connectivity index (χ2v) is 6.63. The number of alkyl halides is 2. The van der Waals surface area contributed by atoms with Crippen LogP contribution in [-0.2, 0) is 25.2 Å².